The van der Waals surface area contributed by atoms with Crippen molar-refractivity contribution in [1.82, 2.24) is 20.2 Å². The Hall–Kier alpha value is -2.60. The summed E-state index contributed by atoms with van der Waals surface area (Å²) in [5.74, 6) is 0.517. The predicted molar refractivity (Wildman–Crippen MR) is 96.5 cm³/mol. The molecular formula is C19H24N4O2. The average Bonchev–Trinajstić information content (AvgIpc) is 3.32. The number of H-pyrrole nitrogens is 1. The van der Waals surface area contributed by atoms with Crippen LogP contribution >= 0.6 is 0 Å². The maximum Gasteiger partial charge on any atom is 0.267 e. The van der Waals surface area contributed by atoms with Crippen LogP contribution in [0.2, 0.25) is 0 Å². The molecule has 0 unspecified atom stereocenters. The first-order valence-corrected chi connectivity index (χ1v) is 8.68. The Kier molecular flexibility index (Phi) is 6.23. The lowest BCUT2D eigenvalue weighted by Crippen LogP contribution is -2.23. The average molecular weight is 340 g/mol. The van der Waals surface area contributed by atoms with E-state index in [1.165, 1.54) is 31.5 Å². The minimum Gasteiger partial charge on any atom is -0.473 e. The number of ether oxygens (including phenoxy) is 1. The van der Waals surface area contributed by atoms with E-state index in [2.05, 4.69) is 20.2 Å². The van der Waals surface area contributed by atoms with Crippen molar-refractivity contribution in [2.24, 2.45) is 0 Å². The van der Waals surface area contributed by atoms with Crippen molar-refractivity contribution >= 4 is 5.91 Å². The molecule has 1 aliphatic rings. The number of nitrogens with one attached hydrogen (secondary N) is 2. The fourth-order valence-corrected chi connectivity index (χ4v) is 2.83. The SMILES string of the molecule is O=C(NCC=CCOc1cc(CN2CCCC2)ccn1)c1ccc[nH]1. The number of aromatic nitrogens is 2. The van der Waals surface area contributed by atoms with Gasteiger partial charge in [-0.05, 0) is 55.8 Å². The van der Waals surface area contributed by atoms with Crippen LogP contribution in [0.5, 0.6) is 5.88 Å². The van der Waals surface area contributed by atoms with E-state index >= 15 is 0 Å². The molecular weight excluding hydrogens is 316 g/mol. The van der Waals surface area contributed by atoms with E-state index in [-0.39, 0.29) is 5.91 Å². The zero-order chi connectivity index (χ0) is 17.3. The maximum atomic E-state index is 11.7. The molecule has 25 heavy (non-hydrogen) atoms. The van der Waals surface area contributed by atoms with Crippen molar-refractivity contribution in [3.8, 4) is 5.88 Å². The summed E-state index contributed by atoms with van der Waals surface area (Å²) in [5.41, 5.74) is 1.79. The number of hydrogen-bond acceptors (Lipinski definition) is 4. The molecule has 1 aliphatic heterocycles. The summed E-state index contributed by atoms with van der Waals surface area (Å²) in [6, 6.07) is 7.57. The molecule has 132 valence electrons. The van der Waals surface area contributed by atoms with Gasteiger partial charge < -0.3 is 15.0 Å². The van der Waals surface area contributed by atoms with Crippen LogP contribution in [0.1, 0.15) is 28.9 Å². The zero-order valence-electron chi connectivity index (χ0n) is 14.3. The summed E-state index contributed by atoms with van der Waals surface area (Å²) in [6.07, 6.45) is 9.85. The van der Waals surface area contributed by atoms with Gasteiger partial charge >= 0.3 is 0 Å². The van der Waals surface area contributed by atoms with Gasteiger partial charge in [-0.1, -0.05) is 6.08 Å². The molecule has 2 N–H and O–H groups in total. The quantitative estimate of drug-likeness (QED) is 0.724. The molecule has 6 heteroatoms. The topological polar surface area (TPSA) is 70.2 Å². The molecule has 1 amide bonds. The van der Waals surface area contributed by atoms with Gasteiger partial charge in [-0.15, -0.1) is 0 Å². The maximum absolute atomic E-state index is 11.7. The fourth-order valence-electron chi connectivity index (χ4n) is 2.83. The lowest BCUT2D eigenvalue weighted by atomic mass is 10.2. The molecule has 2 aromatic rings. The van der Waals surface area contributed by atoms with E-state index in [1.54, 1.807) is 24.5 Å². The Balaban J connectivity index is 1.37. The molecule has 1 saturated heterocycles. The molecule has 1 fully saturated rings. The van der Waals surface area contributed by atoms with Crippen molar-refractivity contribution in [1.29, 1.82) is 0 Å². The number of aromatic amines is 1. The van der Waals surface area contributed by atoms with E-state index in [0.29, 0.717) is 24.7 Å². The second-order valence-electron chi connectivity index (χ2n) is 6.06. The van der Waals surface area contributed by atoms with Crippen molar-refractivity contribution in [2.75, 3.05) is 26.2 Å². The highest BCUT2D eigenvalue weighted by Gasteiger charge is 2.12. The fraction of sp³-hybridized carbons (Fsp3) is 0.368. The first kappa shape index (κ1) is 17.2. The third-order valence-corrected chi connectivity index (χ3v) is 4.12. The van der Waals surface area contributed by atoms with Gasteiger partial charge in [0.15, 0.2) is 0 Å². The van der Waals surface area contributed by atoms with Crippen molar-refractivity contribution in [2.45, 2.75) is 19.4 Å². The highest BCUT2D eigenvalue weighted by Crippen LogP contribution is 2.15. The van der Waals surface area contributed by atoms with Crippen LogP contribution in [0, 0.1) is 0 Å². The number of nitrogens with zero attached hydrogens (tertiary/aromatic N) is 2. The Bertz CT molecular complexity index is 691. The van der Waals surface area contributed by atoms with E-state index in [0.717, 1.165) is 6.54 Å². The molecule has 3 rings (SSSR count). The normalized spacial score (nSPS) is 14.9. The second-order valence-corrected chi connectivity index (χ2v) is 6.06. The Morgan fingerprint density at radius 3 is 3.00 bits per heavy atom. The Labute approximate surface area is 147 Å². The molecule has 0 aliphatic carbocycles. The van der Waals surface area contributed by atoms with Gasteiger partial charge in [-0.25, -0.2) is 4.98 Å². The van der Waals surface area contributed by atoms with Gasteiger partial charge in [0.25, 0.3) is 5.91 Å². The van der Waals surface area contributed by atoms with Crippen molar-refractivity contribution in [3.63, 3.8) is 0 Å². The molecule has 0 atom stereocenters. The zero-order valence-corrected chi connectivity index (χ0v) is 14.3. The molecule has 0 spiro atoms. The van der Waals surface area contributed by atoms with Crippen LogP contribution in [-0.2, 0) is 6.54 Å². The monoisotopic (exact) mass is 340 g/mol. The van der Waals surface area contributed by atoms with Crippen LogP contribution in [0.4, 0.5) is 0 Å². The number of amides is 1. The van der Waals surface area contributed by atoms with E-state index in [1.807, 2.05) is 24.3 Å². The summed E-state index contributed by atoms with van der Waals surface area (Å²) in [6.45, 7) is 4.20. The van der Waals surface area contributed by atoms with E-state index in [9.17, 15) is 4.79 Å². The summed E-state index contributed by atoms with van der Waals surface area (Å²) >= 11 is 0. The number of carbonyl (C=O) groups is 1. The predicted octanol–water partition coefficient (Wildman–Crippen LogP) is 2.37. The molecule has 6 nitrogen and oxygen atoms in total. The summed E-state index contributed by atoms with van der Waals surface area (Å²) in [7, 11) is 0. The minimum absolute atomic E-state index is 0.119. The molecule has 0 radical (unpaired) electrons. The smallest absolute Gasteiger partial charge is 0.267 e. The third-order valence-electron chi connectivity index (χ3n) is 4.12. The van der Waals surface area contributed by atoms with Gasteiger partial charge in [-0.3, -0.25) is 9.69 Å². The number of pyridine rings is 1. The van der Waals surface area contributed by atoms with Gasteiger partial charge in [0, 0.05) is 31.5 Å². The van der Waals surface area contributed by atoms with Crippen molar-refractivity contribution in [3.05, 3.63) is 60.1 Å². The first-order chi connectivity index (χ1) is 12.3. The summed E-state index contributed by atoms with van der Waals surface area (Å²) in [4.78, 5) is 21.3. The van der Waals surface area contributed by atoms with Crippen molar-refractivity contribution < 1.29 is 9.53 Å². The Morgan fingerprint density at radius 2 is 2.20 bits per heavy atom. The molecule has 0 bridgehead atoms. The van der Waals surface area contributed by atoms with Crippen LogP contribution in [0.15, 0.2) is 48.8 Å². The second kappa shape index (κ2) is 9.03. The molecule has 2 aromatic heterocycles. The molecule has 3 heterocycles. The van der Waals surface area contributed by atoms with E-state index in [4.69, 9.17) is 4.74 Å². The number of likely N-dealkylation sites (tertiary alicyclic amines) is 1. The molecule has 0 aromatic carbocycles. The Morgan fingerprint density at radius 1 is 1.32 bits per heavy atom. The summed E-state index contributed by atoms with van der Waals surface area (Å²) in [5, 5.41) is 2.80. The highest BCUT2D eigenvalue weighted by atomic mass is 16.5. The number of rotatable bonds is 8. The van der Waals surface area contributed by atoms with Gasteiger partial charge in [-0.2, -0.15) is 0 Å². The van der Waals surface area contributed by atoms with Gasteiger partial charge in [0.2, 0.25) is 5.88 Å². The van der Waals surface area contributed by atoms with Crippen LogP contribution in [0.3, 0.4) is 0 Å². The largest absolute Gasteiger partial charge is 0.473 e. The summed E-state index contributed by atoms with van der Waals surface area (Å²) < 4.78 is 5.66. The lowest BCUT2D eigenvalue weighted by Gasteiger charge is -2.14. The minimum atomic E-state index is -0.119. The standard InChI is InChI=1S/C19H24N4O2/c24-19(17-6-5-9-20-17)22-8-1-4-13-25-18-14-16(7-10-21-18)15-23-11-2-3-12-23/h1,4-7,9-10,14,20H,2-3,8,11-13,15H2,(H,22,24). The van der Waals surface area contributed by atoms with Crippen LogP contribution in [-0.4, -0.2) is 47.0 Å². The first-order valence-electron chi connectivity index (χ1n) is 8.68. The third kappa shape index (κ3) is 5.46. The van der Waals surface area contributed by atoms with Gasteiger partial charge in [0.1, 0.15) is 12.3 Å². The lowest BCUT2D eigenvalue weighted by molar-refractivity contribution is 0.0953. The van der Waals surface area contributed by atoms with E-state index < -0.39 is 0 Å². The van der Waals surface area contributed by atoms with Crippen LogP contribution < -0.4 is 10.1 Å². The number of carbonyl (C=O) groups excluding carboxylic acids is 1. The number of hydrogen-bond donors (Lipinski definition) is 2. The molecule has 0 saturated carbocycles. The highest BCUT2D eigenvalue weighted by molar-refractivity contribution is 5.92. The van der Waals surface area contributed by atoms with Gasteiger partial charge in [0.05, 0.1) is 0 Å². The van der Waals surface area contributed by atoms with Crippen LogP contribution in [0.25, 0.3) is 0 Å².